The number of likely N-dealkylation sites (tertiary alicyclic amines) is 1. The molecular formula is C32H46FN6O8Tb-. The largest absolute Gasteiger partial charge is 0.528 e. The van der Waals surface area contributed by atoms with Gasteiger partial charge in [-0.25, -0.2) is 14.8 Å². The second-order valence-corrected chi connectivity index (χ2v) is 11.0. The molecule has 3 atom stereocenters. The minimum Gasteiger partial charge on any atom is -0.528 e. The van der Waals surface area contributed by atoms with Crippen LogP contribution in [0.5, 0.6) is 0 Å². The number of carbonyl (C=O) groups excluding carboxylic acids is 3. The molecule has 2 heterocycles. The van der Waals surface area contributed by atoms with E-state index in [1.165, 1.54) is 17.0 Å². The van der Waals surface area contributed by atoms with E-state index in [9.17, 15) is 24.0 Å². The van der Waals surface area contributed by atoms with Crippen molar-refractivity contribution in [3.8, 4) is 6.07 Å². The van der Waals surface area contributed by atoms with E-state index in [4.69, 9.17) is 23.7 Å². The Kier molecular flexibility index (Phi) is 21.7. The fraction of sp³-hybridized carbons (Fsp3) is 0.625. The number of nitriles is 1. The predicted molar refractivity (Wildman–Crippen MR) is 168 cm³/mol. The molecule has 48 heavy (non-hydrogen) atoms. The summed E-state index contributed by atoms with van der Waals surface area (Å²) in [5, 5.41) is 16.9. The average Bonchev–Trinajstić information content (AvgIpc) is 3.71. The van der Waals surface area contributed by atoms with Gasteiger partial charge < -0.3 is 44.0 Å². The van der Waals surface area contributed by atoms with E-state index in [0.717, 1.165) is 18.5 Å². The van der Waals surface area contributed by atoms with Gasteiger partial charge in [-0.15, -0.1) is 0 Å². The van der Waals surface area contributed by atoms with E-state index >= 15 is 0 Å². The summed E-state index contributed by atoms with van der Waals surface area (Å²) < 4.78 is 40.7. The molecule has 14 nitrogen and oxygen atoms in total. The van der Waals surface area contributed by atoms with Crippen molar-refractivity contribution in [1.29, 1.82) is 5.26 Å². The number of hydrazine groups is 1. The van der Waals surface area contributed by atoms with Crippen molar-refractivity contribution in [1.82, 2.24) is 26.0 Å². The molecule has 1 unspecified atom stereocenters. The van der Waals surface area contributed by atoms with Gasteiger partial charge in [0.05, 0.1) is 72.0 Å². The van der Waals surface area contributed by atoms with Crippen LogP contribution in [0.2, 0.25) is 0 Å². The smallest absolute Gasteiger partial charge is 0.264 e. The first-order valence-electron chi connectivity index (χ1n) is 15.8. The number of hydrogen-bond donors (Lipinski definition) is 3. The quantitative estimate of drug-likeness (QED) is 0.0444. The summed E-state index contributed by atoms with van der Waals surface area (Å²) in [5.74, 6) is -1.97. The summed E-state index contributed by atoms with van der Waals surface area (Å²) in [7, 11) is 1.90. The number of nitrogens with zero attached hydrogens (tertiary/aromatic N) is 3. The molecule has 16 heteroatoms. The Labute approximate surface area is 312 Å². The summed E-state index contributed by atoms with van der Waals surface area (Å²) >= 11 is 0. The second kappa shape index (κ2) is 24.9. The first-order chi connectivity index (χ1) is 22.9. The first-order valence-corrected chi connectivity index (χ1v) is 15.8. The third kappa shape index (κ3) is 15.6. The first kappa shape index (κ1) is 42.0. The number of carbonyl (C=O) groups is 2. The molecule has 1 radical (unpaired) electrons. The average molecular weight is 821 g/mol. The van der Waals surface area contributed by atoms with Crippen LogP contribution in [0.1, 0.15) is 17.9 Å². The van der Waals surface area contributed by atoms with Gasteiger partial charge in [-0.05, 0) is 30.2 Å². The van der Waals surface area contributed by atoms with Gasteiger partial charge >= 0.3 is 0 Å². The van der Waals surface area contributed by atoms with Gasteiger partial charge in [-0.3, -0.25) is 9.59 Å². The molecular weight excluding hydrogens is 774 g/mol. The second-order valence-electron chi connectivity index (χ2n) is 11.0. The van der Waals surface area contributed by atoms with Crippen LogP contribution >= 0.6 is 0 Å². The van der Waals surface area contributed by atoms with Gasteiger partial charge in [0.2, 0.25) is 5.91 Å². The minimum atomic E-state index is -0.571. The van der Waals surface area contributed by atoms with E-state index in [1.807, 2.05) is 18.1 Å². The normalized spacial score (nSPS) is 19.5. The number of ether oxygens (including phenoxy) is 5. The van der Waals surface area contributed by atoms with Gasteiger partial charge in [0.1, 0.15) is 17.5 Å². The van der Waals surface area contributed by atoms with Crippen molar-refractivity contribution in [2.75, 3.05) is 106 Å². The Morgan fingerprint density at radius 2 is 1.52 bits per heavy atom. The molecule has 3 amide bonds. The fourth-order valence-corrected chi connectivity index (χ4v) is 5.21. The van der Waals surface area contributed by atoms with Gasteiger partial charge in [0.25, 0.3) is 5.91 Å². The standard InChI is InChI=1S/C32H46FN6O8.Tb/c1-38-9-6-28(37-38)20-26(21-34)32(42)39-22-29(25-2-4-27(33)5-3-25)30(23-39)31(41)36-8-11-44-13-15-46-17-19-47-18-16-45-14-12-43-10-7-35-24-40;/h2-5,20,28-30,37H,6-19,22-23H2,1H3,(H,35,40)(H,36,41);/q-1;/b26-20+;/t28?,29-,30+;/m0./s1. The van der Waals surface area contributed by atoms with Gasteiger partial charge in [0.15, 0.2) is 0 Å². The van der Waals surface area contributed by atoms with Crippen LogP contribution in [-0.4, -0.2) is 140 Å². The number of nitrogens with one attached hydrogen (secondary N) is 3. The van der Waals surface area contributed by atoms with Crippen LogP contribution in [0, 0.1) is 61.7 Å². The van der Waals surface area contributed by atoms with Crippen LogP contribution in [0.25, 0.3) is 0 Å². The molecule has 2 saturated heterocycles. The van der Waals surface area contributed by atoms with Crippen molar-refractivity contribution in [2.45, 2.75) is 18.4 Å². The van der Waals surface area contributed by atoms with Crippen LogP contribution in [0.3, 0.4) is 0 Å². The Morgan fingerprint density at radius 3 is 2.04 bits per heavy atom. The molecule has 3 N–H and O–H groups in total. The van der Waals surface area contributed by atoms with Crippen LogP contribution in [0.15, 0.2) is 35.9 Å². The van der Waals surface area contributed by atoms with Gasteiger partial charge in [-0.2, -0.15) is 11.7 Å². The maximum absolute atomic E-state index is 13.6. The summed E-state index contributed by atoms with van der Waals surface area (Å²) in [6.45, 7) is 5.83. The van der Waals surface area contributed by atoms with Crippen molar-refractivity contribution in [2.24, 2.45) is 5.92 Å². The molecule has 3 rings (SSSR count). The van der Waals surface area contributed by atoms with E-state index in [2.05, 4.69) is 16.1 Å². The zero-order valence-electron chi connectivity index (χ0n) is 27.3. The van der Waals surface area contributed by atoms with Crippen molar-refractivity contribution in [3.63, 3.8) is 0 Å². The Morgan fingerprint density at radius 1 is 0.958 bits per heavy atom. The van der Waals surface area contributed by atoms with Gasteiger partial charge in [0, 0.05) is 90.3 Å². The van der Waals surface area contributed by atoms with Crippen molar-refractivity contribution in [3.05, 3.63) is 47.3 Å². The van der Waals surface area contributed by atoms with Crippen molar-refractivity contribution < 1.29 is 81.1 Å². The topological polar surface area (TPSA) is 164 Å². The van der Waals surface area contributed by atoms with Crippen LogP contribution in [0.4, 0.5) is 4.39 Å². The molecule has 0 aliphatic carbocycles. The van der Waals surface area contributed by atoms with Crippen LogP contribution < -0.4 is 16.1 Å². The summed E-state index contributed by atoms with van der Waals surface area (Å²) in [6.07, 6.45) is 4.00. The minimum absolute atomic E-state index is 0. The number of halogens is 1. The number of amides is 3. The van der Waals surface area contributed by atoms with E-state index in [0.29, 0.717) is 66.0 Å². The summed E-state index contributed by atoms with van der Waals surface area (Å²) in [4.78, 5) is 38.1. The molecule has 269 valence electrons. The molecule has 0 aromatic heterocycles. The fourth-order valence-electron chi connectivity index (χ4n) is 5.21. The van der Waals surface area contributed by atoms with Gasteiger partial charge in [-0.1, -0.05) is 12.1 Å². The molecule has 0 saturated carbocycles. The maximum Gasteiger partial charge on any atom is 0.264 e. The molecule has 0 bridgehead atoms. The third-order valence-electron chi connectivity index (χ3n) is 7.60. The van der Waals surface area contributed by atoms with E-state index in [1.54, 1.807) is 24.6 Å². The van der Waals surface area contributed by atoms with Crippen molar-refractivity contribution >= 4 is 18.2 Å². The Bertz CT molecular complexity index is 1170. The zero-order chi connectivity index (χ0) is 33.7. The molecule has 2 fully saturated rings. The molecule has 2 aliphatic rings. The van der Waals surface area contributed by atoms with Crippen LogP contribution in [-0.2, 0) is 38.1 Å². The zero-order valence-corrected chi connectivity index (χ0v) is 29.4. The summed E-state index contributed by atoms with van der Waals surface area (Å²) in [6, 6.07) is 7.85. The predicted octanol–water partition coefficient (Wildman–Crippen LogP) is -0.118. The number of benzene rings is 1. The summed E-state index contributed by atoms with van der Waals surface area (Å²) in [5.41, 5.74) is 3.98. The maximum atomic E-state index is 13.6. The van der Waals surface area contributed by atoms with E-state index < -0.39 is 11.8 Å². The Hall–Kier alpha value is -2.20. The molecule has 1 aromatic rings. The molecule has 2 aliphatic heterocycles. The number of rotatable bonds is 23. The third-order valence-corrected chi connectivity index (χ3v) is 7.60. The molecule has 0 spiro atoms. The number of hydrogen-bond acceptors (Lipinski definition) is 11. The molecule has 1 aromatic carbocycles. The monoisotopic (exact) mass is 820 g/mol. The Balaban J connectivity index is 0.00000800. The SMILES string of the molecule is CN1CCC(/C=C(\C#N)C(=O)N2C[C@@H](C(=O)NCCOCCOCCOCCOCCOCCN[C-]=O)[C@H](c3ccc(F)cc3)C2)N1.[Tb]. The van der Waals surface area contributed by atoms with E-state index in [-0.39, 0.29) is 94.1 Å².